The molecule has 6 rings (SSSR count). The summed E-state index contributed by atoms with van der Waals surface area (Å²) in [6, 6.07) is 24.9. The van der Waals surface area contributed by atoms with E-state index in [9.17, 15) is 23.7 Å². The highest BCUT2D eigenvalue weighted by Gasteiger charge is 2.27. The first-order valence-electron chi connectivity index (χ1n) is 24.8. The molecule has 0 spiro atoms. The number of hydrazine groups is 1. The number of anilines is 1. The Balaban J connectivity index is 0.703. The highest BCUT2D eigenvalue weighted by atomic mass is 31.2. The molecular formula is C52H65N8O15P. The molecule has 2 aliphatic rings. The van der Waals surface area contributed by atoms with Gasteiger partial charge >= 0.3 is 13.9 Å². The van der Waals surface area contributed by atoms with Gasteiger partial charge in [0.05, 0.1) is 91.5 Å². The Kier molecular flexibility index (Phi) is 25.0. The summed E-state index contributed by atoms with van der Waals surface area (Å²) in [5, 5.41) is 15.1. The molecule has 4 aromatic rings. The molecule has 0 radical (unpaired) electrons. The topological polar surface area (TPSA) is 280 Å². The van der Waals surface area contributed by atoms with Crippen molar-refractivity contribution in [3.63, 3.8) is 0 Å². The van der Waals surface area contributed by atoms with Gasteiger partial charge in [0.15, 0.2) is 11.7 Å². The Hall–Kier alpha value is -6.92. The van der Waals surface area contributed by atoms with Gasteiger partial charge in [-0.2, -0.15) is 5.01 Å². The summed E-state index contributed by atoms with van der Waals surface area (Å²) >= 11 is 0. The predicted molar refractivity (Wildman–Crippen MR) is 280 cm³/mol. The molecule has 0 unspecified atom stereocenters. The number of nitrogens with zero attached hydrogens (tertiary/aromatic N) is 5. The minimum atomic E-state index is -4.72. The summed E-state index contributed by atoms with van der Waals surface area (Å²) in [6.45, 7) is 5.01. The average Bonchev–Trinajstić information content (AvgIpc) is 3.41. The molecule has 1 aromatic heterocycles. The number of rotatable bonds is 33. The lowest BCUT2D eigenvalue weighted by molar-refractivity contribution is -0.123. The van der Waals surface area contributed by atoms with E-state index in [1.54, 1.807) is 24.5 Å². The second-order valence-electron chi connectivity index (χ2n) is 16.7. The first-order valence-corrected chi connectivity index (χ1v) is 26.3. The van der Waals surface area contributed by atoms with Crippen LogP contribution in [0.3, 0.4) is 0 Å². The molecule has 0 saturated heterocycles. The minimum Gasteiger partial charge on any atom is -0.443 e. The van der Waals surface area contributed by atoms with Crippen LogP contribution in [-0.4, -0.2) is 148 Å². The third kappa shape index (κ3) is 21.4. The van der Waals surface area contributed by atoms with Crippen LogP contribution in [-0.2, 0) is 65.3 Å². The number of ether oxygens (including phenoxy) is 7. The fourth-order valence-electron chi connectivity index (χ4n) is 7.31. The van der Waals surface area contributed by atoms with Gasteiger partial charge in [0, 0.05) is 56.7 Å². The molecule has 76 heavy (non-hydrogen) atoms. The van der Waals surface area contributed by atoms with Crippen molar-refractivity contribution < 1.29 is 71.2 Å². The van der Waals surface area contributed by atoms with Gasteiger partial charge in [-0.15, -0.1) is 10.2 Å². The zero-order valence-corrected chi connectivity index (χ0v) is 43.0. The number of pyridine rings is 1. The third-order valence-corrected chi connectivity index (χ3v) is 11.6. The standard InChI is InChI=1S/C52H65N8O15P/c61-48(10-5-11-50(63)59-38-44-8-2-1-6-41(44)14-15-42-7-3-4-9-46(42)59)55-25-27-69-29-31-71-33-35-73-37-36-72-34-32-70-30-28-68-26-21-49(62)54-24-20-47-56-57-51(43-18-22-53-23-19-43)58-60(47)52(64)74-39-40-12-16-45(17-13-40)75-76(65,66)67/h1-4,6-9,12-19,22-23H,5,10-11,20-21,24-39H2,(H,54,62)(H,55,61)(H,57,58)(H2,65,66,67)/b15-14-. The summed E-state index contributed by atoms with van der Waals surface area (Å²) < 4.78 is 54.3. The molecule has 2 aliphatic heterocycles. The Morgan fingerprint density at radius 1 is 0.632 bits per heavy atom. The van der Waals surface area contributed by atoms with Crippen molar-refractivity contribution in [1.29, 1.82) is 0 Å². The quantitative estimate of drug-likeness (QED) is 0.0317. The number of benzene rings is 3. The predicted octanol–water partition coefficient (Wildman–Crippen LogP) is 4.77. The van der Waals surface area contributed by atoms with E-state index in [-0.39, 0.29) is 87.2 Å². The maximum atomic E-state index is 13.4. The highest BCUT2D eigenvalue weighted by Crippen LogP contribution is 2.37. The Morgan fingerprint density at radius 3 is 1.88 bits per heavy atom. The number of para-hydroxylation sites is 1. The number of fused-ring (bicyclic) bond motifs is 2. The van der Waals surface area contributed by atoms with Crippen molar-refractivity contribution >= 4 is 61.1 Å². The summed E-state index contributed by atoms with van der Waals surface area (Å²) in [5.41, 5.74) is 8.02. The Morgan fingerprint density at radius 2 is 1.21 bits per heavy atom. The van der Waals surface area contributed by atoms with Gasteiger partial charge in [-0.1, -0.05) is 66.7 Å². The van der Waals surface area contributed by atoms with Crippen LogP contribution in [0.4, 0.5) is 10.5 Å². The van der Waals surface area contributed by atoms with E-state index in [0.29, 0.717) is 96.7 Å². The zero-order chi connectivity index (χ0) is 53.6. The second kappa shape index (κ2) is 32.5. The normalized spacial score (nSPS) is 13.4. The van der Waals surface area contributed by atoms with Gasteiger partial charge in [-0.25, -0.2) is 9.36 Å². The monoisotopic (exact) mass is 1070 g/mol. The molecule has 5 N–H and O–H groups in total. The molecule has 3 aromatic carbocycles. The molecule has 0 bridgehead atoms. The second-order valence-corrected chi connectivity index (χ2v) is 17.9. The van der Waals surface area contributed by atoms with Gasteiger partial charge in [0.2, 0.25) is 17.7 Å². The van der Waals surface area contributed by atoms with Gasteiger partial charge in [-0.05, 0) is 59.0 Å². The number of carbonyl (C=O) groups is 4. The van der Waals surface area contributed by atoms with Gasteiger partial charge in [0.25, 0.3) is 0 Å². The molecule has 23 nitrogen and oxygen atoms in total. The molecule has 408 valence electrons. The van der Waals surface area contributed by atoms with Crippen molar-refractivity contribution in [2.45, 2.75) is 45.3 Å². The third-order valence-electron chi connectivity index (χ3n) is 11.1. The van der Waals surface area contributed by atoms with Crippen LogP contribution in [0.2, 0.25) is 0 Å². The Labute approximate surface area is 440 Å². The number of nitrogens with one attached hydrogen (secondary N) is 3. The molecule has 24 heteroatoms. The van der Waals surface area contributed by atoms with Crippen LogP contribution >= 0.6 is 7.82 Å². The van der Waals surface area contributed by atoms with Gasteiger partial charge < -0.3 is 53.2 Å². The summed E-state index contributed by atoms with van der Waals surface area (Å²) in [7, 11) is -4.72. The van der Waals surface area contributed by atoms with Crippen LogP contribution in [0.1, 0.15) is 59.9 Å². The molecule has 3 heterocycles. The maximum Gasteiger partial charge on any atom is 0.524 e. The molecule has 0 aliphatic carbocycles. The molecule has 0 saturated carbocycles. The summed E-state index contributed by atoms with van der Waals surface area (Å²) in [5.74, 6) is -0.0287. The highest BCUT2D eigenvalue weighted by molar-refractivity contribution is 7.46. The SMILES string of the molecule is O=C(CCCC(=O)N1Cc2ccccc2/C=C\c2ccccc21)NCCOCCOCCOCCOCCOCCOCCC(=O)NCCC1=NN=C(c2ccncc2)NN1C(=O)OCc1ccc(OP(=O)(O)O)cc1. The number of phosphoric ester groups is 1. The number of amidine groups is 2. The van der Waals surface area contributed by atoms with Crippen LogP contribution in [0.25, 0.3) is 12.2 Å². The van der Waals surface area contributed by atoms with Crippen molar-refractivity contribution in [3.05, 3.63) is 125 Å². The maximum absolute atomic E-state index is 13.4. The number of carbonyl (C=O) groups excluding carboxylic acids is 4. The number of aromatic nitrogens is 1. The first-order chi connectivity index (χ1) is 37.0. The van der Waals surface area contributed by atoms with Crippen LogP contribution < -0.4 is 25.5 Å². The molecule has 0 atom stereocenters. The van der Waals surface area contributed by atoms with Crippen molar-refractivity contribution in [2.75, 3.05) is 97.3 Å². The number of phosphoric acid groups is 1. The Bertz CT molecular complexity index is 2600. The van der Waals surface area contributed by atoms with Crippen LogP contribution in [0.15, 0.2) is 108 Å². The molecular weight excluding hydrogens is 1010 g/mol. The lowest BCUT2D eigenvalue weighted by Gasteiger charge is -2.27. The van der Waals surface area contributed by atoms with Crippen molar-refractivity contribution in [3.8, 4) is 5.75 Å². The van der Waals surface area contributed by atoms with E-state index in [1.807, 2.05) is 59.5 Å². The van der Waals surface area contributed by atoms with Crippen molar-refractivity contribution in [2.24, 2.45) is 10.2 Å². The van der Waals surface area contributed by atoms with Crippen LogP contribution in [0.5, 0.6) is 5.75 Å². The van der Waals surface area contributed by atoms with E-state index < -0.39 is 13.9 Å². The first kappa shape index (κ1) is 58.3. The largest absolute Gasteiger partial charge is 0.524 e. The minimum absolute atomic E-state index is 0.0211. The summed E-state index contributed by atoms with van der Waals surface area (Å²) in [6.07, 6.45) is 7.58. The van der Waals surface area contributed by atoms with Crippen molar-refractivity contribution in [1.82, 2.24) is 26.1 Å². The van der Waals surface area contributed by atoms with Crippen LogP contribution in [0, 0.1) is 0 Å². The number of hydrogen-bond acceptors (Lipinski definition) is 17. The molecule has 4 amide bonds. The van der Waals surface area contributed by atoms with E-state index in [1.165, 1.54) is 24.3 Å². The lowest BCUT2D eigenvalue weighted by atomic mass is 10.0. The van der Waals surface area contributed by atoms with E-state index in [4.69, 9.17) is 42.9 Å². The lowest BCUT2D eigenvalue weighted by Crippen LogP contribution is -2.52. The fraction of sp³-hybridized carbons (Fsp3) is 0.404. The van der Waals surface area contributed by atoms with Gasteiger partial charge in [-0.3, -0.25) is 34.6 Å². The van der Waals surface area contributed by atoms with E-state index in [0.717, 1.165) is 27.4 Å². The van der Waals surface area contributed by atoms with E-state index >= 15 is 0 Å². The smallest absolute Gasteiger partial charge is 0.443 e. The number of amides is 4. The summed E-state index contributed by atoms with van der Waals surface area (Å²) in [4.78, 5) is 75.3. The number of hydrogen-bond donors (Lipinski definition) is 5. The van der Waals surface area contributed by atoms with E-state index in [2.05, 4.69) is 41.8 Å². The van der Waals surface area contributed by atoms with Gasteiger partial charge in [0.1, 0.15) is 12.4 Å². The average molecular weight is 1070 g/mol. The fourth-order valence-corrected chi connectivity index (χ4v) is 7.71. The molecule has 0 fully saturated rings. The zero-order valence-electron chi connectivity index (χ0n) is 42.1.